The Morgan fingerprint density at radius 1 is 1.46 bits per heavy atom. The van der Waals surface area contributed by atoms with Crippen LogP contribution in [0.3, 0.4) is 0 Å². The highest BCUT2D eigenvalue weighted by Crippen LogP contribution is 2.21. The molecule has 0 radical (unpaired) electrons. The third-order valence-corrected chi connectivity index (χ3v) is 1.75. The van der Waals surface area contributed by atoms with E-state index in [0.29, 0.717) is 0 Å². The van der Waals surface area contributed by atoms with E-state index in [0.717, 1.165) is 5.01 Å². The first-order valence-corrected chi connectivity index (χ1v) is 3.97. The molecule has 1 aromatic heterocycles. The van der Waals surface area contributed by atoms with E-state index in [1.54, 1.807) is 0 Å². The van der Waals surface area contributed by atoms with Crippen LogP contribution in [0.25, 0.3) is 0 Å². The molecule has 5 nitrogen and oxygen atoms in total. The molecule has 0 bridgehead atoms. The molecular formula is C6H5Cl2N3O2. The van der Waals surface area contributed by atoms with Gasteiger partial charge in [-0.05, 0) is 0 Å². The van der Waals surface area contributed by atoms with Crippen molar-refractivity contribution in [2.75, 3.05) is 12.1 Å². The molecule has 70 valence electrons. The van der Waals surface area contributed by atoms with E-state index in [9.17, 15) is 10.1 Å². The number of hydrogen-bond acceptors (Lipinski definition) is 3. The second-order valence-corrected chi connectivity index (χ2v) is 3.01. The average molecular weight is 222 g/mol. The van der Waals surface area contributed by atoms with Crippen molar-refractivity contribution in [1.82, 2.24) is 4.98 Å². The van der Waals surface area contributed by atoms with Crippen molar-refractivity contribution < 1.29 is 5.03 Å². The van der Waals surface area contributed by atoms with Gasteiger partial charge < -0.3 is 0 Å². The number of nitrogens with zero attached hydrogens (tertiary/aromatic N) is 3. The van der Waals surface area contributed by atoms with Gasteiger partial charge in [0.25, 0.3) is 0 Å². The normalized spacial score (nSPS) is 9.77. The zero-order valence-corrected chi connectivity index (χ0v) is 8.08. The molecule has 1 heterocycles. The van der Waals surface area contributed by atoms with Gasteiger partial charge in [0.2, 0.25) is 0 Å². The van der Waals surface area contributed by atoms with Crippen LogP contribution >= 0.6 is 23.2 Å². The van der Waals surface area contributed by atoms with Gasteiger partial charge in [0.1, 0.15) is 16.0 Å². The number of anilines is 1. The van der Waals surface area contributed by atoms with Crippen LogP contribution in [0.15, 0.2) is 12.1 Å². The Kier molecular flexibility index (Phi) is 2.90. The molecule has 7 heteroatoms. The number of pyridine rings is 1. The monoisotopic (exact) mass is 221 g/mol. The van der Waals surface area contributed by atoms with Gasteiger partial charge in [-0.3, -0.25) is 0 Å². The van der Waals surface area contributed by atoms with Gasteiger partial charge >= 0.3 is 0 Å². The maximum absolute atomic E-state index is 10.3. The number of hydrazine groups is 1. The van der Waals surface area contributed by atoms with Crippen LogP contribution < -0.4 is 5.01 Å². The third kappa shape index (κ3) is 2.43. The molecule has 0 aliphatic heterocycles. The predicted molar refractivity (Wildman–Crippen MR) is 49.7 cm³/mol. The molecule has 13 heavy (non-hydrogen) atoms. The lowest BCUT2D eigenvalue weighted by molar-refractivity contribution is -0.490. The molecule has 1 aromatic rings. The van der Waals surface area contributed by atoms with Crippen LogP contribution in [0.1, 0.15) is 0 Å². The van der Waals surface area contributed by atoms with Gasteiger partial charge in [-0.1, -0.05) is 28.2 Å². The zero-order valence-electron chi connectivity index (χ0n) is 6.57. The van der Waals surface area contributed by atoms with Gasteiger partial charge in [0, 0.05) is 12.1 Å². The Morgan fingerprint density at radius 3 is 2.31 bits per heavy atom. The molecule has 0 saturated carbocycles. The minimum atomic E-state index is -0.581. The van der Waals surface area contributed by atoms with E-state index in [2.05, 4.69) is 4.98 Å². The number of halogens is 2. The molecule has 0 N–H and O–H groups in total. The maximum Gasteiger partial charge on any atom is 0.164 e. The first kappa shape index (κ1) is 10.0. The van der Waals surface area contributed by atoms with Crippen LogP contribution in [0.5, 0.6) is 0 Å². The van der Waals surface area contributed by atoms with Crippen molar-refractivity contribution in [2.24, 2.45) is 0 Å². The molecular weight excluding hydrogens is 217 g/mol. The summed E-state index contributed by atoms with van der Waals surface area (Å²) in [5, 5.41) is 10.8. The van der Waals surface area contributed by atoms with Crippen LogP contribution in [0.4, 0.5) is 5.69 Å². The number of nitro groups is 1. The van der Waals surface area contributed by atoms with E-state index >= 15 is 0 Å². The number of aromatic nitrogens is 1. The SMILES string of the molecule is CN(c1cc(Cl)nc(Cl)c1)[N+](=O)[O-]. The molecule has 0 fully saturated rings. The summed E-state index contributed by atoms with van der Waals surface area (Å²) in [6, 6.07) is 2.71. The van der Waals surface area contributed by atoms with Crippen LogP contribution in [-0.4, -0.2) is 17.1 Å². The number of rotatable bonds is 2. The van der Waals surface area contributed by atoms with Crippen molar-refractivity contribution in [3.05, 3.63) is 32.6 Å². The Labute approximate surface area is 84.0 Å². The maximum atomic E-state index is 10.3. The lowest BCUT2D eigenvalue weighted by Crippen LogP contribution is -2.24. The Balaban J connectivity index is 3.07. The van der Waals surface area contributed by atoms with Crippen molar-refractivity contribution in [1.29, 1.82) is 0 Å². The highest BCUT2D eigenvalue weighted by molar-refractivity contribution is 6.32. The van der Waals surface area contributed by atoms with Crippen LogP contribution in [0.2, 0.25) is 10.3 Å². The van der Waals surface area contributed by atoms with E-state index in [-0.39, 0.29) is 16.0 Å². The summed E-state index contributed by atoms with van der Waals surface area (Å²) in [5.41, 5.74) is 0.287. The fourth-order valence-corrected chi connectivity index (χ4v) is 1.18. The van der Waals surface area contributed by atoms with Crippen molar-refractivity contribution in [2.45, 2.75) is 0 Å². The molecule has 0 saturated heterocycles. The van der Waals surface area contributed by atoms with Crippen molar-refractivity contribution in [3.8, 4) is 0 Å². The summed E-state index contributed by atoms with van der Waals surface area (Å²) in [5.74, 6) is 0. The Hall–Kier alpha value is -1.07. The summed E-state index contributed by atoms with van der Waals surface area (Å²) in [7, 11) is 1.29. The highest BCUT2D eigenvalue weighted by atomic mass is 35.5. The third-order valence-electron chi connectivity index (χ3n) is 1.37. The lowest BCUT2D eigenvalue weighted by atomic mass is 10.4. The summed E-state index contributed by atoms with van der Waals surface area (Å²) in [6.07, 6.45) is 0. The average Bonchev–Trinajstić information content (AvgIpc) is 2.01. The topological polar surface area (TPSA) is 59.3 Å². The van der Waals surface area contributed by atoms with E-state index < -0.39 is 5.03 Å². The second kappa shape index (κ2) is 3.76. The molecule has 0 unspecified atom stereocenters. The summed E-state index contributed by atoms with van der Waals surface area (Å²) < 4.78 is 0. The van der Waals surface area contributed by atoms with Crippen LogP contribution in [-0.2, 0) is 0 Å². The van der Waals surface area contributed by atoms with Crippen molar-refractivity contribution in [3.63, 3.8) is 0 Å². The van der Waals surface area contributed by atoms with Crippen molar-refractivity contribution >= 4 is 28.9 Å². The van der Waals surface area contributed by atoms with Gasteiger partial charge in [-0.15, -0.1) is 0 Å². The summed E-state index contributed by atoms with van der Waals surface area (Å²) in [4.78, 5) is 14.0. The minimum Gasteiger partial charge on any atom is -0.234 e. The molecule has 0 aromatic carbocycles. The largest absolute Gasteiger partial charge is 0.234 e. The molecule has 0 aliphatic rings. The highest BCUT2D eigenvalue weighted by Gasteiger charge is 2.12. The fourth-order valence-electron chi connectivity index (χ4n) is 0.733. The summed E-state index contributed by atoms with van der Waals surface area (Å²) >= 11 is 11.1. The van der Waals surface area contributed by atoms with E-state index in [1.165, 1.54) is 19.2 Å². The molecule has 0 spiro atoms. The first-order chi connectivity index (χ1) is 6.00. The quantitative estimate of drug-likeness (QED) is 0.436. The lowest BCUT2D eigenvalue weighted by Gasteiger charge is -2.07. The van der Waals surface area contributed by atoms with Crippen LogP contribution in [0, 0.1) is 10.1 Å². The fraction of sp³-hybridized carbons (Fsp3) is 0.167. The molecule has 0 atom stereocenters. The van der Waals surface area contributed by atoms with E-state index in [4.69, 9.17) is 23.2 Å². The Morgan fingerprint density at radius 2 is 1.92 bits per heavy atom. The van der Waals surface area contributed by atoms with Gasteiger partial charge in [0.05, 0.1) is 7.05 Å². The van der Waals surface area contributed by atoms with E-state index in [1.807, 2.05) is 0 Å². The van der Waals surface area contributed by atoms with Gasteiger partial charge in [-0.25, -0.2) is 15.1 Å². The first-order valence-electron chi connectivity index (χ1n) is 3.22. The number of hydrogen-bond donors (Lipinski definition) is 0. The van der Waals surface area contributed by atoms with Gasteiger partial charge in [0.15, 0.2) is 5.03 Å². The predicted octanol–water partition coefficient (Wildman–Crippen LogP) is 2.02. The Bertz CT molecular complexity index is 324. The van der Waals surface area contributed by atoms with Gasteiger partial charge in [-0.2, -0.15) is 0 Å². The second-order valence-electron chi connectivity index (χ2n) is 2.23. The molecule has 1 rings (SSSR count). The minimum absolute atomic E-state index is 0.121. The smallest absolute Gasteiger partial charge is 0.164 e. The summed E-state index contributed by atoms with van der Waals surface area (Å²) in [6.45, 7) is 0. The zero-order chi connectivity index (χ0) is 10.0. The standard InChI is InChI=1S/C6H5Cl2N3O2/c1-10(11(12)13)4-2-5(7)9-6(8)3-4/h2-3H,1H3. The molecule has 0 amide bonds. The molecule has 0 aliphatic carbocycles.